The number of rotatable bonds is 8. The number of nitrogens with zero attached hydrogens (tertiary/aromatic N) is 2. The fourth-order valence-electron chi connectivity index (χ4n) is 3.84. The highest BCUT2D eigenvalue weighted by Crippen LogP contribution is 2.30. The van der Waals surface area contributed by atoms with E-state index in [-0.39, 0.29) is 17.9 Å². The van der Waals surface area contributed by atoms with Crippen LogP contribution in [0.2, 0.25) is 10.0 Å². The van der Waals surface area contributed by atoms with E-state index in [1.807, 2.05) is 36.4 Å². The zero-order valence-electron chi connectivity index (χ0n) is 16.6. The molecule has 29 heavy (non-hydrogen) atoms. The minimum atomic E-state index is -0.114. The summed E-state index contributed by atoms with van der Waals surface area (Å²) in [4.78, 5) is 19.3. The van der Waals surface area contributed by atoms with E-state index in [0.717, 1.165) is 43.7 Å². The molecule has 1 aromatic heterocycles. The van der Waals surface area contributed by atoms with Crippen LogP contribution in [0.4, 0.5) is 0 Å². The molecule has 1 aliphatic heterocycles. The first-order chi connectivity index (χ1) is 14.1. The lowest BCUT2D eigenvalue weighted by Gasteiger charge is -2.37. The third-order valence-electron chi connectivity index (χ3n) is 5.26. The van der Waals surface area contributed by atoms with Crippen LogP contribution in [0.25, 0.3) is 0 Å². The van der Waals surface area contributed by atoms with Gasteiger partial charge < -0.3 is 10.1 Å². The van der Waals surface area contributed by atoms with Gasteiger partial charge in [0.15, 0.2) is 0 Å². The summed E-state index contributed by atoms with van der Waals surface area (Å²) in [6.45, 7) is 3.12. The molecule has 0 saturated carbocycles. The maximum Gasteiger partial charge on any atom is 0.222 e. The van der Waals surface area contributed by atoms with Gasteiger partial charge in [0, 0.05) is 32.8 Å². The van der Waals surface area contributed by atoms with Crippen LogP contribution in [0.5, 0.6) is 0 Å². The highest BCUT2D eigenvalue weighted by Gasteiger charge is 2.30. The maximum absolute atomic E-state index is 12.4. The van der Waals surface area contributed by atoms with Gasteiger partial charge in [-0.3, -0.25) is 14.7 Å². The number of pyridine rings is 1. The van der Waals surface area contributed by atoms with E-state index >= 15 is 0 Å². The number of aromatic nitrogens is 1. The van der Waals surface area contributed by atoms with E-state index in [9.17, 15) is 4.79 Å². The van der Waals surface area contributed by atoms with Crippen LogP contribution in [-0.2, 0) is 16.1 Å². The molecule has 156 valence electrons. The molecule has 1 amide bonds. The first-order valence-corrected chi connectivity index (χ1v) is 10.7. The number of methoxy groups -OCH3 is 1. The molecule has 2 atom stereocenters. The molecule has 5 nitrogen and oxygen atoms in total. The number of carbonyl (C=O) groups excluding carboxylic acids is 1. The molecule has 1 fully saturated rings. The van der Waals surface area contributed by atoms with Crippen molar-refractivity contribution < 1.29 is 9.53 Å². The predicted octanol–water partition coefficient (Wildman–Crippen LogP) is 4.49. The van der Waals surface area contributed by atoms with Crippen LogP contribution in [-0.4, -0.2) is 42.6 Å². The van der Waals surface area contributed by atoms with Gasteiger partial charge in [0.25, 0.3) is 0 Å². The predicted molar refractivity (Wildman–Crippen MR) is 116 cm³/mol. The summed E-state index contributed by atoms with van der Waals surface area (Å²) < 4.78 is 5.04. The van der Waals surface area contributed by atoms with E-state index in [0.29, 0.717) is 23.1 Å². The Bertz CT molecular complexity index is 804. The van der Waals surface area contributed by atoms with Gasteiger partial charge in [-0.1, -0.05) is 35.3 Å². The number of hydrogen-bond acceptors (Lipinski definition) is 4. The number of benzene rings is 1. The first-order valence-electron chi connectivity index (χ1n) is 9.92. The fraction of sp³-hybridized carbons (Fsp3) is 0.455. The molecule has 0 aliphatic carbocycles. The van der Waals surface area contributed by atoms with Crippen molar-refractivity contribution in [2.24, 2.45) is 5.92 Å². The second-order valence-corrected chi connectivity index (χ2v) is 8.24. The van der Waals surface area contributed by atoms with Gasteiger partial charge in [-0.15, -0.1) is 0 Å². The average molecular weight is 436 g/mol. The van der Waals surface area contributed by atoms with E-state index in [1.54, 1.807) is 13.3 Å². The monoisotopic (exact) mass is 435 g/mol. The number of nitrogens with one attached hydrogen (secondary N) is 1. The Morgan fingerprint density at radius 3 is 2.90 bits per heavy atom. The van der Waals surface area contributed by atoms with E-state index in [1.165, 1.54) is 0 Å². The van der Waals surface area contributed by atoms with Crippen LogP contribution in [0.3, 0.4) is 0 Å². The van der Waals surface area contributed by atoms with Gasteiger partial charge in [0.2, 0.25) is 5.91 Å². The molecule has 0 unspecified atom stereocenters. The van der Waals surface area contributed by atoms with Crippen LogP contribution in [0, 0.1) is 5.92 Å². The molecule has 3 rings (SSSR count). The number of carbonyl (C=O) groups is 1. The van der Waals surface area contributed by atoms with Crippen LogP contribution in [0.1, 0.15) is 36.6 Å². The number of likely N-dealkylation sites (tertiary alicyclic amines) is 1. The molecule has 2 aromatic rings. The number of halogens is 2. The van der Waals surface area contributed by atoms with Gasteiger partial charge in [-0.2, -0.15) is 0 Å². The third kappa shape index (κ3) is 6.41. The largest absolute Gasteiger partial charge is 0.384 e. The van der Waals surface area contributed by atoms with Gasteiger partial charge in [0.05, 0.1) is 28.4 Å². The van der Waals surface area contributed by atoms with Crippen molar-refractivity contribution in [3.8, 4) is 0 Å². The lowest BCUT2D eigenvalue weighted by molar-refractivity contribution is -0.123. The normalized spacial score (nSPS) is 18.4. The Balaban J connectivity index is 1.71. The van der Waals surface area contributed by atoms with Crippen molar-refractivity contribution in [2.75, 3.05) is 26.8 Å². The number of hydrogen-bond donors (Lipinski definition) is 1. The van der Waals surface area contributed by atoms with Crippen molar-refractivity contribution in [3.05, 3.63) is 63.9 Å². The Hall–Kier alpha value is -1.66. The summed E-state index contributed by atoms with van der Waals surface area (Å²) in [6, 6.07) is 11.5. The van der Waals surface area contributed by atoms with Crippen LogP contribution < -0.4 is 5.32 Å². The van der Waals surface area contributed by atoms with Crippen molar-refractivity contribution >= 4 is 29.1 Å². The minimum Gasteiger partial charge on any atom is -0.384 e. The van der Waals surface area contributed by atoms with Crippen LogP contribution in [0.15, 0.2) is 42.6 Å². The highest BCUT2D eigenvalue weighted by molar-refractivity contribution is 6.42. The summed E-state index contributed by atoms with van der Waals surface area (Å²) in [7, 11) is 1.60. The zero-order valence-corrected chi connectivity index (χ0v) is 18.1. The van der Waals surface area contributed by atoms with Gasteiger partial charge in [-0.25, -0.2) is 0 Å². The second kappa shape index (κ2) is 10.9. The number of amides is 1. The quantitative estimate of drug-likeness (QED) is 0.663. The molecule has 7 heteroatoms. The second-order valence-electron chi connectivity index (χ2n) is 7.43. The van der Waals surface area contributed by atoms with Crippen molar-refractivity contribution in [1.82, 2.24) is 15.2 Å². The molecule has 2 heterocycles. The maximum atomic E-state index is 12.4. The van der Waals surface area contributed by atoms with Gasteiger partial charge in [-0.05, 0) is 55.1 Å². The molecular weight excluding hydrogens is 409 g/mol. The summed E-state index contributed by atoms with van der Waals surface area (Å²) >= 11 is 12.2. The molecule has 0 bridgehead atoms. The third-order valence-corrected chi connectivity index (χ3v) is 6.00. The SMILES string of the molecule is COCCC(=O)N[C@@H](c1ccccn1)[C@@H]1CCCN(Cc2ccc(Cl)c(Cl)c2)C1. The number of ether oxygens (including phenoxy) is 1. The zero-order chi connectivity index (χ0) is 20.6. The molecule has 1 aromatic carbocycles. The molecular formula is C22H27Cl2N3O2. The lowest BCUT2D eigenvalue weighted by atomic mass is 9.88. The Morgan fingerprint density at radius 1 is 1.31 bits per heavy atom. The molecule has 0 radical (unpaired) electrons. The molecule has 1 saturated heterocycles. The standard InChI is InChI=1S/C22H27Cl2N3O2/c1-29-12-9-21(28)26-22(20-6-2-3-10-25-20)17-5-4-11-27(15-17)14-16-7-8-18(23)19(24)13-16/h2-3,6-8,10,13,17,22H,4-5,9,11-12,14-15H2,1H3,(H,26,28)/t17-,22-/m1/s1. The van der Waals surface area contributed by atoms with Crippen molar-refractivity contribution in [3.63, 3.8) is 0 Å². The summed E-state index contributed by atoms with van der Waals surface area (Å²) in [5, 5.41) is 4.34. The smallest absolute Gasteiger partial charge is 0.222 e. The highest BCUT2D eigenvalue weighted by atomic mass is 35.5. The summed E-state index contributed by atoms with van der Waals surface area (Å²) in [6.07, 6.45) is 4.24. The first kappa shape index (κ1) is 22.0. The van der Waals surface area contributed by atoms with Crippen molar-refractivity contribution in [1.29, 1.82) is 0 Å². The summed E-state index contributed by atoms with van der Waals surface area (Å²) in [5.74, 6) is 0.275. The van der Waals surface area contributed by atoms with Crippen LogP contribution >= 0.6 is 23.2 Å². The molecule has 1 N–H and O–H groups in total. The van der Waals surface area contributed by atoms with E-state index in [2.05, 4.69) is 15.2 Å². The topological polar surface area (TPSA) is 54.5 Å². The van der Waals surface area contributed by atoms with Gasteiger partial charge in [0.1, 0.15) is 0 Å². The van der Waals surface area contributed by atoms with Crippen molar-refractivity contribution in [2.45, 2.75) is 31.8 Å². The molecule has 0 spiro atoms. The number of piperidine rings is 1. The minimum absolute atomic E-state index is 0.0101. The fourth-order valence-corrected chi connectivity index (χ4v) is 4.16. The van der Waals surface area contributed by atoms with Gasteiger partial charge >= 0.3 is 0 Å². The summed E-state index contributed by atoms with van der Waals surface area (Å²) in [5.41, 5.74) is 2.04. The molecule has 1 aliphatic rings. The Labute approximate surface area is 182 Å². The Kier molecular flexibility index (Phi) is 8.30. The lowest BCUT2D eigenvalue weighted by Crippen LogP contribution is -2.43. The van der Waals surface area contributed by atoms with E-state index < -0.39 is 0 Å². The average Bonchev–Trinajstić information content (AvgIpc) is 2.74. The van der Waals surface area contributed by atoms with E-state index in [4.69, 9.17) is 27.9 Å². The Morgan fingerprint density at radius 2 is 2.17 bits per heavy atom.